The van der Waals surface area contributed by atoms with Crippen molar-refractivity contribution >= 4 is 22.2 Å². The van der Waals surface area contributed by atoms with Gasteiger partial charge in [-0.25, -0.2) is 4.39 Å². The van der Waals surface area contributed by atoms with E-state index in [0.29, 0.717) is 23.7 Å². The highest BCUT2D eigenvalue weighted by atomic mass is 32.2. The van der Waals surface area contributed by atoms with Gasteiger partial charge in [0.15, 0.2) is 0 Å². The zero-order valence-electron chi connectivity index (χ0n) is 7.92. The standard InChI is InChI=1S/C9H13FN2OS/c1-14(13)5-4-12-9-6-7(10)2-3-8(9)11/h2-3,6,12H,4-5,11H2,1H3. The van der Waals surface area contributed by atoms with Crippen LogP contribution in [0.3, 0.4) is 0 Å². The number of benzene rings is 1. The summed E-state index contributed by atoms with van der Waals surface area (Å²) in [6.45, 7) is 0.525. The second kappa shape index (κ2) is 4.95. The molecule has 0 heterocycles. The fraction of sp³-hybridized carbons (Fsp3) is 0.333. The lowest BCUT2D eigenvalue weighted by atomic mass is 10.2. The van der Waals surface area contributed by atoms with Crippen molar-refractivity contribution in [3.63, 3.8) is 0 Å². The van der Waals surface area contributed by atoms with Crippen LogP contribution in [-0.4, -0.2) is 22.8 Å². The Hall–Kier alpha value is -1.10. The molecule has 0 saturated carbocycles. The first kappa shape index (κ1) is 11.0. The Kier molecular flexibility index (Phi) is 3.88. The van der Waals surface area contributed by atoms with Gasteiger partial charge >= 0.3 is 0 Å². The van der Waals surface area contributed by atoms with Crippen LogP contribution in [0, 0.1) is 5.82 Å². The van der Waals surface area contributed by atoms with Crippen LogP contribution in [0.1, 0.15) is 0 Å². The minimum atomic E-state index is -0.848. The molecule has 5 heteroatoms. The molecule has 0 spiro atoms. The highest BCUT2D eigenvalue weighted by Crippen LogP contribution is 2.18. The summed E-state index contributed by atoms with van der Waals surface area (Å²) in [6, 6.07) is 4.13. The number of anilines is 2. The maximum absolute atomic E-state index is 12.8. The van der Waals surface area contributed by atoms with Crippen LogP contribution in [-0.2, 0) is 10.8 Å². The summed E-state index contributed by atoms with van der Waals surface area (Å²) in [5, 5.41) is 2.93. The quantitative estimate of drug-likeness (QED) is 0.743. The first-order valence-electron chi connectivity index (χ1n) is 4.18. The number of rotatable bonds is 4. The van der Waals surface area contributed by atoms with Crippen molar-refractivity contribution in [2.24, 2.45) is 0 Å². The van der Waals surface area contributed by atoms with Crippen LogP contribution in [0.15, 0.2) is 18.2 Å². The molecule has 1 rings (SSSR count). The van der Waals surface area contributed by atoms with Crippen molar-refractivity contribution in [1.82, 2.24) is 0 Å². The van der Waals surface area contributed by atoms with E-state index in [4.69, 9.17) is 5.73 Å². The predicted molar refractivity (Wildman–Crippen MR) is 58.2 cm³/mol. The van der Waals surface area contributed by atoms with Gasteiger partial charge < -0.3 is 11.1 Å². The van der Waals surface area contributed by atoms with Gasteiger partial charge in [-0.1, -0.05) is 0 Å². The predicted octanol–water partition coefficient (Wildman–Crippen LogP) is 1.20. The summed E-state index contributed by atoms with van der Waals surface area (Å²) in [7, 11) is -0.848. The van der Waals surface area contributed by atoms with Gasteiger partial charge in [0.2, 0.25) is 0 Å². The lowest BCUT2D eigenvalue weighted by Gasteiger charge is -2.07. The number of halogens is 1. The molecule has 78 valence electrons. The Labute approximate surface area is 85.0 Å². The van der Waals surface area contributed by atoms with Crippen LogP contribution in [0.2, 0.25) is 0 Å². The molecule has 1 aromatic carbocycles. The molecule has 1 aromatic rings. The van der Waals surface area contributed by atoms with Crippen molar-refractivity contribution in [1.29, 1.82) is 0 Å². The average molecular weight is 216 g/mol. The van der Waals surface area contributed by atoms with Crippen molar-refractivity contribution < 1.29 is 8.60 Å². The van der Waals surface area contributed by atoms with Gasteiger partial charge in [0, 0.05) is 29.4 Å². The van der Waals surface area contributed by atoms with Gasteiger partial charge in [-0.15, -0.1) is 0 Å². The molecule has 0 aliphatic heterocycles. The Bertz CT molecular complexity index is 344. The minimum absolute atomic E-state index is 0.334. The third-order valence-corrected chi connectivity index (χ3v) is 2.50. The molecule has 0 saturated heterocycles. The van der Waals surface area contributed by atoms with Crippen molar-refractivity contribution in [3.8, 4) is 0 Å². The summed E-state index contributed by atoms with van der Waals surface area (Å²) in [4.78, 5) is 0. The van der Waals surface area contributed by atoms with Gasteiger partial charge in [-0.3, -0.25) is 4.21 Å². The van der Waals surface area contributed by atoms with E-state index in [9.17, 15) is 8.60 Å². The topological polar surface area (TPSA) is 55.1 Å². The number of nitrogen functional groups attached to an aromatic ring is 1. The Balaban J connectivity index is 2.57. The second-order valence-corrected chi connectivity index (χ2v) is 4.49. The highest BCUT2D eigenvalue weighted by Gasteiger charge is 2.00. The van der Waals surface area contributed by atoms with Crippen LogP contribution < -0.4 is 11.1 Å². The van der Waals surface area contributed by atoms with Crippen LogP contribution in [0.5, 0.6) is 0 Å². The van der Waals surface area contributed by atoms with Gasteiger partial charge in [0.1, 0.15) is 5.82 Å². The Morgan fingerprint density at radius 3 is 2.93 bits per heavy atom. The first-order valence-corrected chi connectivity index (χ1v) is 5.91. The molecule has 3 N–H and O–H groups in total. The largest absolute Gasteiger partial charge is 0.397 e. The molecule has 0 amide bonds. The zero-order chi connectivity index (χ0) is 10.6. The van der Waals surface area contributed by atoms with E-state index in [2.05, 4.69) is 5.32 Å². The number of nitrogens with one attached hydrogen (secondary N) is 1. The molecule has 0 aliphatic rings. The first-order chi connectivity index (χ1) is 6.59. The maximum Gasteiger partial charge on any atom is 0.125 e. The number of hydrogen-bond acceptors (Lipinski definition) is 3. The van der Waals surface area contributed by atoms with Crippen LogP contribution >= 0.6 is 0 Å². The summed E-state index contributed by atoms with van der Waals surface area (Å²) >= 11 is 0. The summed E-state index contributed by atoms with van der Waals surface area (Å²) in [5.41, 5.74) is 6.65. The molecule has 0 fully saturated rings. The number of nitrogens with two attached hydrogens (primary N) is 1. The zero-order valence-corrected chi connectivity index (χ0v) is 8.73. The van der Waals surface area contributed by atoms with Crippen LogP contribution in [0.25, 0.3) is 0 Å². The molecule has 0 aromatic heterocycles. The van der Waals surface area contributed by atoms with E-state index in [1.54, 1.807) is 6.26 Å². The summed E-state index contributed by atoms with van der Waals surface area (Å²) in [5.74, 6) is 0.190. The fourth-order valence-electron chi connectivity index (χ4n) is 1.01. The molecule has 0 aliphatic carbocycles. The van der Waals surface area contributed by atoms with Gasteiger partial charge in [-0.2, -0.15) is 0 Å². The molecule has 0 bridgehead atoms. The molecule has 14 heavy (non-hydrogen) atoms. The average Bonchev–Trinajstić information content (AvgIpc) is 2.10. The molecule has 3 nitrogen and oxygen atoms in total. The van der Waals surface area contributed by atoms with E-state index in [1.807, 2.05) is 0 Å². The third kappa shape index (κ3) is 3.33. The maximum atomic E-state index is 12.8. The van der Waals surface area contributed by atoms with E-state index < -0.39 is 10.8 Å². The lowest BCUT2D eigenvalue weighted by molar-refractivity contribution is 0.628. The molecule has 1 unspecified atom stereocenters. The number of hydrogen-bond donors (Lipinski definition) is 2. The van der Waals surface area contributed by atoms with Gasteiger partial charge in [0.25, 0.3) is 0 Å². The SMILES string of the molecule is CS(=O)CCNc1cc(F)ccc1N. The van der Waals surface area contributed by atoms with Gasteiger partial charge in [0.05, 0.1) is 11.4 Å². The summed E-state index contributed by atoms with van der Waals surface area (Å²) in [6.07, 6.45) is 1.62. The van der Waals surface area contributed by atoms with E-state index in [-0.39, 0.29) is 5.82 Å². The molecule has 1 atom stereocenters. The highest BCUT2D eigenvalue weighted by molar-refractivity contribution is 7.84. The lowest BCUT2D eigenvalue weighted by Crippen LogP contribution is -2.11. The van der Waals surface area contributed by atoms with Crippen molar-refractivity contribution in [3.05, 3.63) is 24.0 Å². The smallest absolute Gasteiger partial charge is 0.125 e. The normalized spacial score (nSPS) is 12.4. The molecular formula is C9H13FN2OS. The third-order valence-electron chi connectivity index (χ3n) is 1.72. The molecular weight excluding hydrogens is 203 g/mol. The van der Waals surface area contributed by atoms with Crippen LogP contribution in [0.4, 0.5) is 15.8 Å². The second-order valence-electron chi connectivity index (χ2n) is 2.94. The monoisotopic (exact) mass is 216 g/mol. The molecule has 0 radical (unpaired) electrons. The van der Waals surface area contributed by atoms with E-state index >= 15 is 0 Å². The van der Waals surface area contributed by atoms with Gasteiger partial charge in [-0.05, 0) is 18.2 Å². The van der Waals surface area contributed by atoms with E-state index in [0.717, 1.165) is 0 Å². The van der Waals surface area contributed by atoms with Crippen molar-refractivity contribution in [2.75, 3.05) is 29.6 Å². The van der Waals surface area contributed by atoms with Crippen molar-refractivity contribution in [2.45, 2.75) is 0 Å². The fourth-order valence-corrected chi connectivity index (χ4v) is 1.40. The Morgan fingerprint density at radius 1 is 1.57 bits per heavy atom. The Morgan fingerprint density at radius 2 is 2.29 bits per heavy atom. The summed E-state index contributed by atoms with van der Waals surface area (Å²) < 4.78 is 23.5. The van der Waals surface area contributed by atoms with E-state index in [1.165, 1.54) is 18.2 Å². The minimum Gasteiger partial charge on any atom is -0.397 e.